The number of para-hydroxylation sites is 1. The maximum absolute atomic E-state index is 12.9. The minimum atomic E-state index is -0.951. The van der Waals surface area contributed by atoms with Crippen molar-refractivity contribution >= 4 is 39.3 Å². The fourth-order valence-electron chi connectivity index (χ4n) is 5.22. The molecule has 0 radical (unpaired) electrons. The Labute approximate surface area is 177 Å². The summed E-state index contributed by atoms with van der Waals surface area (Å²) in [6.45, 7) is 0. The van der Waals surface area contributed by atoms with Crippen LogP contribution in [0.25, 0.3) is 21.8 Å². The van der Waals surface area contributed by atoms with Crippen LogP contribution in [0.15, 0.2) is 54.9 Å². The van der Waals surface area contributed by atoms with E-state index in [2.05, 4.69) is 20.5 Å². The summed E-state index contributed by atoms with van der Waals surface area (Å²) in [6, 6.07) is 13.1. The van der Waals surface area contributed by atoms with Crippen LogP contribution in [0.4, 0.5) is 0 Å². The van der Waals surface area contributed by atoms with E-state index in [4.69, 9.17) is 11.6 Å². The number of aromatic amines is 1. The molecule has 6 rings (SSSR count). The molecule has 2 saturated carbocycles. The van der Waals surface area contributed by atoms with Crippen LogP contribution in [-0.2, 0) is 5.60 Å². The van der Waals surface area contributed by atoms with Crippen LogP contribution in [0.1, 0.15) is 28.8 Å². The average Bonchev–Trinajstić information content (AvgIpc) is 3.11. The van der Waals surface area contributed by atoms with E-state index in [0.29, 0.717) is 23.4 Å². The molecule has 0 spiro atoms. The molecule has 2 heterocycles. The summed E-state index contributed by atoms with van der Waals surface area (Å²) in [5.74, 6) is 0.428. The summed E-state index contributed by atoms with van der Waals surface area (Å²) in [5.41, 5.74) is 2.13. The molecule has 2 unspecified atom stereocenters. The quantitative estimate of drug-likeness (QED) is 0.472. The summed E-state index contributed by atoms with van der Waals surface area (Å²) in [7, 11) is 0. The minimum absolute atomic E-state index is 0.0866. The number of halogens is 1. The molecule has 150 valence electrons. The first-order valence-corrected chi connectivity index (χ1v) is 10.4. The van der Waals surface area contributed by atoms with Gasteiger partial charge in [-0.2, -0.15) is 5.10 Å². The predicted octanol–water partition coefficient (Wildman–Crippen LogP) is 3.79. The monoisotopic (exact) mass is 418 g/mol. The summed E-state index contributed by atoms with van der Waals surface area (Å²) in [4.78, 5) is 17.2. The zero-order valence-electron chi connectivity index (χ0n) is 16.0. The van der Waals surface area contributed by atoms with E-state index in [9.17, 15) is 9.90 Å². The van der Waals surface area contributed by atoms with E-state index >= 15 is 0 Å². The largest absolute Gasteiger partial charge is 0.385 e. The molecule has 1 amide bonds. The Morgan fingerprint density at radius 3 is 2.80 bits per heavy atom. The number of carbonyl (C=O) groups excluding carboxylic acids is 1. The van der Waals surface area contributed by atoms with E-state index in [1.165, 1.54) is 0 Å². The maximum Gasteiger partial charge on any atom is 0.252 e. The molecule has 2 aromatic heterocycles. The Morgan fingerprint density at radius 1 is 1.17 bits per heavy atom. The second-order valence-corrected chi connectivity index (χ2v) is 8.86. The molecule has 3 N–H and O–H groups in total. The van der Waals surface area contributed by atoms with E-state index in [0.717, 1.165) is 27.4 Å². The summed E-state index contributed by atoms with van der Waals surface area (Å²) >= 11 is 6.26. The van der Waals surface area contributed by atoms with Gasteiger partial charge in [0, 0.05) is 28.0 Å². The van der Waals surface area contributed by atoms with E-state index in [1.807, 2.05) is 36.4 Å². The summed E-state index contributed by atoms with van der Waals surface area (Å²) in [6.07, 6.45) is 4.59. The standard InChI is InChI=1S/C23H19ClN4O2/c24-12-7-18(17-11-26-28-20(17)8-12)23(30)9-15-16(10-23)21(15)27-22(29)14-5-6-25-19-4-2-1-3-13(14)19/h1-8,11,15-16,21,30H,9-10H2,(H,26,28)(H,27,29). The van der Waals surface area contributed by atoms with Gasteiger partial charge in [-0.05, 0) is 54.5 Å². The number of nitrogens with zero attached hydrogens (tertiary/aromatic N) is 2. The van der Waals surface area contributed by atoms with E-state index in [1.54, 1.807) is 18.5 Å². The van der Waals surface area contributed by atoms with Crippen molar-refractivity contribution in [3.05, 3.63) is 71.0 Å². The number of hydrogen-bond acceptors (Lipinski definition) is 4. The van der Waals surface area contributed by atoms with Gasteiger partial charge in [0.15, 0.2) is 0 Å². The Hall–Kier alpha value is -2.96. The summed E-state index contributed by atoms with van der Waals surface area (Å²) in [5, 5.41) is 23.9. The lowest BCUT2D eigenvalue weighted by Crippen LogP contribution is -2.33. The molecule has 0 aliphatic heterocycles. The Morgan fingerprint density at radius 2 is 1.97 bits per heavy atom. The number of hydrogen-bond donors (Lipinski definition) is 3. The number of carbonyl (C=O) groups is 1. The highest BCUT2D eigenvalue weighted by Crippen LogP contribution is 2.60. The maximum atomic E-state index is 12.9. The van der Waals surface area contributed by atoms with Crippen LogP contribution in [0.5, 0.6) is 0 Å². The molecule has 2 aromatic carbocycles. The van der Waals surface area contributed by atoms with Crippen LogP contribution in [-0.4, -0.2) is 32.2 Å². The highest BCUT2D eigenvalue weighted by molar-refractivity contribution is 6.31. The number of aliphatic hydroxyl groups is 1. The van der Waals surface area contributed by atoms with Gasteiger partial charge in [-0.15, -0.1) is 0 Å². The third kappa shape index (κ3) is 2.64. The van der Waals surface area contributed by atoms with Crippen molar-refractivity contribution < 1.29 is 9.90 Å². The van der Waals surface area contributed by atoms with Crippen molar-refractivity contribution in [1.29, 1.82) is 0 Å². The first-order chi connectivity index (χ1) is 14.5. The molecule has 4 aromatic rings. The molecule has 2 aliphatic carbocycles. The van der Waals surface area contributed by atoms with Crippen molar-refractivity contribution in [3.63, 3.8) is 0 Å². The van der Waals surface area contributed by atoms with Crippen LogP contribution in [0, 0.1) is 11.8 Å². The third-order valence-electron chi connectivity index (χ3n) is 6.69. The van der Waals surface area contributed by atoms with Gasteiger partial charge in [-0.1, -0.05) is 29.8 Å². The van der Waals surface area contributed by atoms with Crippen molar-refractivity contribution in [2.75, 3.05) is 0 Å². The number of H-pyrrole nitrogens is 1. The van der Waals surface area contributed by atoms with Gasteiger partial charge in [-0.25, -0.2) is 0 Å². The lowest BCUT2D eigenvalue weighted by Gasteiger charge is -2.27. The van der Waals surface area contributed by atoms with Gasteiger partial charge in [0.1, 0.15) is 0 Å². The Balaban J connectivity index is 1.22. The van der Waals surface area contributed by atoms with Gasteiger partial charge in [0.2, 0.25) is 0 Å². The average molecular weight is 419 g/mol. The van der Waals surface area contributed by atoms with Gasteiger partial charge in [-0.3, -0.25) is 14.9 Å². The normalized spacial score (nSPS) is 27.3. The van der Waals surface area contributed by atoms with Gasteiger partial charge < -0.3 is 10.4 Å². The van der Waals surface area contributed by atoms with Crippen LogP contribution in [0.3, 0.4) is 0 Å². The van der Waals surface area contributed by atoms with Crippen molar-refractivity contribution in [2.24, 2.45) is 11.8 Å². The SMILES string of the molecule is O=C(NC1C2CC(O)(c3cc(Cl)cc4[nH]ncc34)CC21)c1ccnc2ccccc12. The molecule has 30 heavy (non-hydrogen) atoms. The molecular formula is C23H19ClN4O2. The lowest BCUT2D eigenvalue weighted by atomic mass is 9.86. The van der Waals surface area contributed by atoms with Gasteiger partial charge in [0.25, 0.3) is 5.91 Å². The Kier molecular flexibility index (Phi) is 3.73. The van der Waals surface area contributed by atoms with Crippen molar-refractivity contribution in [1.82, 2.24) is 20.5 Å². The minimum Gasteiger partial charge on any atom is -0.385 e. The fourth-order valence-corrected chi connectivity index (χ4v) is 5.44. The van der Waals surface area contributed by atoms with E-state index < -0.39 is 5.60 Å². The number of rotatable bonds is 3. The zero-order valence-corrected chi connectivity index (χ0v) is 16.7. The van der Waals surface area contributed by atoms with Gasteiger partial charge >= 0.3 is 0 Å². The molecule has 0 bridgehead atoms. The smallest absolute Gasteiger partial charge is 0.252 e. The van der Waals surface area contributed by atoms with Crippen molar-refractivity contribution in [3.8, 4) is 0 Å². The molecule has 7 heteroatoms. The number of pyridine rings is 1. The summed E-state index contributed by atoms with van der Waals surface area (Å²) < 4.78 is 0. The number of aromatic nitrogens is 3. The second kappa shape index (κ2) is 6.27. The van der Waals surface area contributed by atoms with E-state index in [-0.39, 0.29) is 23.8 Å². The van der Waals surface area contributed by atoms with Crippen molar-refractivity contribution in [2.45, 2.75) is 24.5 Å². The third-order valence-corrected chi connectivity index (χ3v) is 6.91. The zero-order chi connectivity index (χ0) is 20.5. The highest BCUT2D eigenvalue weighted by Gasteiger charge is 2.62. The fraction of sp³-hybridized carbons (Fsp3) is 0.261. The highest BCUT2D eigenvalue weighted by atomic mass is 35.5. The first kappa shape index (κ1) is 17.9. The number of amides is 1. The predicted molar refractivity (Wildman–Crippen MR) is 114 cm³/mol. The van der Waals surface area contributed by atoms with Gasteiger partial charge in [0.05, 0.1) is 28.4 Å². The van der Waals surface area contributed by atoms with Crippen LogP contribution in [0.2, 0.25) is 5.02 Å². The Bertz CT molecular complexity index is 1300. The van der Waals surface area contributed by atoms with Crippen LogP contribution < -0.4 is 5.32 Å². The lowest BCUT2D eigenvalue weighted by molar-refractivity contribution is 0.0293. The number of benzene rings is 2. The number of fused-ring (bicyclic) bond motifs is 3. The first-order valence-electron chi connectivity index (χ1n) is 10.0. The molecular weight excluding hydrogens is 400 g/mol. The molecule has 2 atom stereocenters. The topological polar surface area (TPSA) is 90.9 Å². The number of nitrogens with one attached hydrogen (secondary N) is 2. The molecule has 2 fully saturated rings. The molecule has 2 aliphatic rings. The second-order valence-electron chi connectivity index (χ2n) is 8.43. The molecule has 6 nitrogen and oxygen atoms in total. The molecule has 0 saturated heterocycles. The van der Waals surface area contributed by atoms with Crippen LogP contribution >= 0.6 is 11.6 Å².